The number of sulfonamides is 1. The number of hydrogen-bond acceptors (Lipinski definition) is 7. The van der Waals surface area contributed by atoms with Gasteiger partial charge in [0.15, 0.2) is 0 Å². The van der Waals surface area contributed by atoms with E-state index < -0.39 is 33.8 Å². The summed E-state index contributed by atoms with van der Waals surface area (Å²) in [5, 5.41) is 4.78. The molecule has 0 saturated carbocycles. The van der Waals surface area contributed by atoms with Crippen molar-refractivity contribution in [2.75, 3.05) is 41.0 Å². The van der Waals surface area contributed by atoms with E-state index in [9.17, 15) is 22.8 Å². The number of benzene rings is 1. The molecule has 1 aliphatic heterocycles. The first-order valence-electron chi connectivity index (χ1n) is 8.57. The molecular weight excluding hydrogens is 406 g/mol. The molecule has 0 unspecified atom stereocenters. The summed E-state index contributed by atoms with van der Waals surface area (Å²) in [5.74, 6) is -1.88. The van der Waals surface area contributed by atoms with Crippen LogP contribution in [0.5, 0.6) is 0 Å². The number of thioether (sulfide) groups is 1. The molecule has 154 valence electrons. The van der Waals surface area contributed by atoms with Gasteiger partial charge in [-0.2, -0.15) is 11.8 Å². The third-order valence-corrected chi connectivity index (χ3v) is 6.61. The Morgan fingerprint density at radius 1 is 1.29 bits per heavy atom. The fraction of sp³-hybridized carbons (Fsp3) is 0.471. The van der Waals surface area contributed by atoms with Crippen molar-refractivity contribution in [3.05, 3.63) is 24.3 Å². The van der Waals surface area contributed by atoms with E-state index in [1.807, 2.05) is 6.26 Å². The van der Waals surface area contributed by atoms with Crippen LogP contribution < -0.4 is 14.9 Å². The van der Waals surface area contributed by atoms with Crippen molar-refractivity contribution in [3.63, 3.8) is 0 Å². The van der Waals surface area contributed by atoms with Crippen LogP contribution >= 0.6 is 11.8 Å². The molecular formula is C17H23N3O6S2. The van der Waals surface area contributed by atoms with Crippen LogP contribution in [0.4, 0.5) is 11.4 Å². The maximum Gasteiger partial charge on any atom is 0.328 e. The highest BCUT2D eigenvalue weighted by molar-refractivity contribution is 7.98. The fourth-order valence-electron chi connectivity index (χ4n) is 2.71. The predicted molar refractivity (Wildman–Crippen MR) is 108 cm³/mol. The van der Waals surface area contributed by atoms with Gasteiger partial charge in [0.1, 0.15) is 6.04 Å². The number of nitrogens with zero attached hydrogens (tertiary/aromatic N) is 1. The van der Waals surface area contributed by atoms with Gasteiger partial charge in [0.05, 0.1) is 18.6 Å². The summed E-state index contributed by atoms with van der Waals surface area (Å²) in [4.78, 5) is 36.1. The molecule has 2 N–H and O–H groups in total. The fourth-order valence-corrected chi connectivity index (χ4v) is 4.73. The number of ether oxygens (including phenoxy) is 1. The molecule has 1 fully saturated rings. The van der Waals surface area contributed by atoms with Gasteiger partial charge in [0.25, 0.3) is 0 Å². The second kappa shape index (κ2) is 9.78. The Hall–Kier alpha value is -2.27. The van der Waals surface area contributed by atoms with Crippen LogP contribution in [0.1, 0.15) is 12.8 Å². The van der Waals surface area contributed by atoms with E-state index in [-0.39, 0.29) is 11.4 Å². The minimum absolute atomic E-state index is 0.0803. The van der Waals surface area contributed by atoms with Crippen LogP contribution in [0.15, 0.2) is 24.3 Å². The number of rotatable bonds is 7. The number of carbonyl (C=O) groups excluding carboxylic acids is 3. The van der Waals surface area contributed by atoms with Crippen molar-refractivity contribution >= 4 is 50.9 Å². The quantitative estimate of drug-likeness (QED) is 0.480. The van der Waals surface area contributed by atoms with Crippen molar-refractivity contribution in [1.29, 1.82) is 0 Å². The number of nitrogens with one attached hydrogen (secondary N) is 2. The molecule has 1 heterocycles. The Bertz CT molecular complexity index is 843. The molecule has 2 rings (SSSR count). The largest absolute Gasteiger partial charge is 0.467 e. The molecule has 2 amide bonds. The lowest BCUT2D eigenvalue weighted by atomic mass is 10.2. The SMILES string of the molecule is COC(=O)[C@H](CCSC)NC(=O)C(=O)Nc1cccc(N2CCCS2(=O)=O)c1. The number of amides is 2. The molecule has 1 saturated heterocycles. The van der Waals surface area contributed by atoms with Gasteiger partial charge in [-0.1, -0.05) is 6.07 Å². The second-order valence-corrected chi connectivity index (χ2v) is 9.08. The van der Waals surface area contributed by atoms with Crippen LogP contribution in [-0.2, 0) is 29.1 Å². The molecule has 11 heteroatoms. The lowest BCUT2D eigenvalue weighted by Crippen LogP contribution is -2.46. The van der Waals surface area contributed by atoms with Gasteiger partial charge in [-0.05, 0) is 43.0 Å². The maximum atomic E-state index is 12.2. The monoisotopic (exact) mass is 429 g/mol. The van der Waals surface area contributed by atoms with Crippen molar-refractivity contribution in [2.45, 2.75) is 18.9 Å². The molecule has 28 heavy (non-hydrogen) atoms. The van der Waals surface area contributed by atoms with Gasteiger partial charge in [-0.3, -0.25) is 13.9 Å². The zero-order valence-corrected chi connectivity index (χ0v) is 17.3. The summed E-state index contributed by atoms with van der Waals surface area (Å²) in [6.45, 7) is 0.371. The Morgan fingerprint density at radius 3 is 2.64 bits per heavy atom. The number of esters is 1. The predicted octanol–water partition coefficient (Wildman–Crippen LogP) is 0.576. The molecule has 0 bridgehead atoms. The van der Waals surface area contributed by atoms with Crippen LogP contribution in [0.25, 0.3) is 0 Å². The molecule has 0 aromatic heterocycles. The van der Waals surface area contributed by atoms with Gasteiger partial charge in [0.2, 0.25) is 10.0 Å². The molecule has 0 spiro atoms. The summed E-state index contributed by atoms with van der Waals surface area (Å²) >= 11 is 1.50. The van der Waals surface area contributed by atoms with E-state index in [0.29, 0.717) is 30.8 Å². The molecule has 1 aromatic rings. The summed E-state index contributed by atoms with van der Waals surface area (Å²) in [5.41, 5.74) is 0.696. The second-order valence-electron chi connectivity index (χ2n) is 6.08. The van der Waals surface area contributed by atoms with Gasteiger partial charge < -0.3 is 15.4 Å². The summed E-state index contributed by atoms with van der Waals surface area (Å²) in [6, 6.07) is 5.32. The van der Waals surface area contributed by atoms with Gasteiger partial charge in [0, 0.05) is 12.2 Å². The number of methoxy groups -OCH3 is 1. The Balaban J connectivity index is 2.04. The zero-order valence-electron chi connectivity index (χ0n) is 15.6. The van der Waals surface area contributed by atoms with E-state index in [1.165, 1.54) is 29.2 Å². The van der Waals surface area contributed by atoms with Gasteiger partial charge >= 0.3 is 17.8 Å². The van der Waals surface area contributed by atoms with E-state index in [2.05, 4.69) is 15.4 Å². The third kappa shape index (κ3) is 5.61. The maximum absolute atomic E-state index is 12.2. The summed E-state index contributed by atoms with van der Waals surface area (Å²) in [6.07, 6.45) is 2.72. The standard InChI is InChI=1S/C17H23N3O6S2/c1-26-17(23)14(7-9-27-2)19-16(22)15(21)18-12-5-3-6-13(11-12)20-8-4-10-28(20,24)25/h3,5-6,11,14H,4,7-10H2,1-2H3,(H,18,21)(H,19,22)/t14-/m0/s1. The Kier molecular flexibility index (Phi) is 7.69. The lowest BCUT2D eigenvalue weighted by molar-refractivity contribution is -0.146. The van der Waals surface area contributed by atoms with Crippen molar-refractivity contribution in [3.8, 4) is 0 Å². The summed E-state index contributed by atoms with van der Waals surface area (Å²) in [7, 11) is -2.14. The highest BCUT2D eigenvalue weighted by atomic mass is 32.2. The first-order valence-corrected chi connectivity index (χ1v) is 11.6. The van der Waals surface area contributed by atoms with E-state index in [4.69, 9.17) is 0 Å². The number of anilines is 2. The summed E-state index contributed by atoms with van der Waals surface area (Å²) < 4.78 is 30.0. The molecule has 0 radical (unpaired) electrons. The van der Waals surface area contributed by atoms with E-state index >= 15 is 0 Å². The topological polar surface area (TPSA) is 122 Å². The van der Waals surface area contributed by atoms with E-state index in [1.54, 1.807) is 18.2 Å². The van der Waals surface area contributed by atoms with E-state index in [0.717, 1.165) is 0 Å². The van der Waals surface area contributed by atoms with Crippen molar-refractivity contribution < 1.29 is 27.5 Å². The van der Waals surface area contributed by atoms with Crippen molar-refractivity contribution in [1.82, 2.24) is 5.32 Å². The molecule has 1 aliphatic rings. The Morgan fingerprint density at radius 2 is 2.04 bits per heavy atom. The first kappa shape index (κ1) is 22.0. The zero-order chi connectivity index (χ0) is 20.7. The lowest BCUT2D eigenvalue weighted by Gasteiger charge is -2.18. The molecule has 1 aromatic carbocycles. The average Bonchev–Trinajstić information content (AvgIpc) is 3.03. The number of carbonyl (C=O) groups is 3. The van der Waals surface area contributed by atoms with Gasteiger partial charge in [-0.25, -0.2) is 13.2 Å². The van der Waals surface area contributed by atoms with Crippen LogP contribution in [0, 0.1) is 0 Å². The average molecular weight is 430 g/mol. The molecule has 1 atom stereocenters. The molecule has 9 nitrogen and oxygen atoms in total. The first-order chi connectivity index (χ1) is 13.3. The van der Waals surface area contributed by atoms with Crippen molar-refractivity contribution in [2.24, 2.45) is 0 Å². The van der Waals surface area contributed by atoms with Crippen LogP contribution in [0.3, 0.4) is 0 Å². The van der Waals surface area contributed by atoms with Crippen LogP contribution in [0.2, 0.25) is 0 Å². The van der Waals surface area contributed by atoms with Crippen LogP contribution in [-0.4, -0.2) is 63.7 Å². The smallest absolute Gasteiger partial charge is 0.328 e. The third-order valence-electron chi connectivity index (χ3n) is 4.10. The highest BCUT2D eigenvalue weighted by Crippen LogP contribution is 2.26. The Labute approximate surface area is 168 Å². The minimum atomic E-state index is -3.35. The molecule has 0 aliphatic carbocycles. The highest BCUT2D eigenvalue weighted by Gasteiger charge is 2.29. The van der Waals surface area contributed by atoms with Gasteiger partial charge in [-0.15, -0.1) is 0 Å². The number of hydrogen-bond donors (Lipinski definition) is 2. The minimum Gasteiger partial charge on any atom is -0.467 e. The normalized spacial score (nSPS) is 16.3.